The maximum absolute atomic E-state index is 15.9. The fourth-order valence-electron chi connectivity index (χ4n) is 8.78. The number of rotatable bonds is 12. The normalized spacial score (nSPS) is 18.2. The van der Waals surface area contributed by atoms with Crippen molar-refractivity contribution in [3.05, 3.63) is 89.5 Å². The topological polar surface area (TPSA) is 215 Å². The predicted octanol–water partition coefficient (Wildman–Crippen LogP) is 4.24. The molecule has 19 nitrogen and oxygen atoms in total. The van der Waals surface area contributed by atoms with Gasteiger partial charge in [-0.2, -0.15) is 17.8 Å². The number of aromatic amines is 1. The van der Waals surface area contributed by atoms with Gasteiger partial charge < -0.3 is 14.8 Å². The van der Waals surface area contributed by atoms with Gasteiger partial charge in [0, 0.05) is 112 Å². The van der Waals surface area contributed by atoms with Gasteiger partial charge in [-0.05, 0) is 48.9 Å². The molecule has 0 radical (unpaired) electrons. The number of hydrogen-bond acceptors (Lipinski definition) is 12. The molecule has 9 rings (SSSR count). The number of piperidine rings is 1. The summed E-state index contributed by atoms with van der Waals surface area (Å²) < 4.78 is 92.0. The zero-order chi connectivity index (χ0) is 48.2. The number of aryl methyl sites for hydroxylation is 1. The van der Waals surface area contributed by atoms with E-state index < -0.39 is 63.3 Å². The number of anilines is 3. The van der Waals surface area contributed by atoms with Crippen molar-refractivity contribution in [3.8, 4) is 11.1 Å². The van der Waals surface area contributed by atoms with Crippen LogP contribution in [-0.2, 0) is 26.8 Å². The number of pyridine rings is 1. The number of alkyl halides is 2. The van der Waals surface area contributed by atoms with E-state index in [0.29, 0.717) is 65.5 Å². The molecule has 4 amide bonds. The minimum Gasteiger partial charge on any atom is -0.345 e. The van der Waals surface area contributed by atoms with Gasteiger partial charge in [0.1, 0.15) is 11.5 Å². The number of halogens is 4. The van der Waals surface area contributed by atoms with Crippen LogP contribution in [0.15, 0.2) is 61.2 Å². The lowest BCUT2D eigenvalue weighted by molar-refractivity contribution is -0.136. The molecule has 3 N–H and O–H groups in total. The number of nitrogens with one attached hydrogen (secondary N) is 3. The van der Waals surface area contributed by atoms with Crippen molar-refractivity contribution in [1.29, 1.82) is 0 Å². The van der Waals surface area contributed by atoms with Crippen molar-refractivity contribution in [3.63, 3.8) is 0 Å². The number of H-pyrrole nitrogens is 1. The molecule has 0 bridgehead atoms. The Balaban J connectivity index is 0.806. The lowest BCUT2D eigenvalue weighted by atomic mass is 9.85. The van der Waals surface area contributed by atoms with Crippen molar-refractivity contribution in [2.24, 2.45) is 7.05 Å². The molecule has 2 aromatic carbocycles. The van der Waals surface area contributed by atoms with Crippen LogP contribution < -0.4 is 19.8 Å². The second-order valence-electron chi connectivity index (χ2n) is 16.9. The first-order valence-electron chi connectivity index (χ1n) is 21.7. The van der Waals surface area contributed by atoms with Crippen LogP contribution in [0.3, 0.4) is 0 Å². The van der Waals surface area contributed by atoms with E-state index in [-0.39, 0.29) is 67.4 Å². The van der Waals surface area contributed by atoms with E-state index in [0.717, 1.165) is 16.4 Å². The Bertz CT molecular complexity index is 3100. The summed E-state index contributed by atoms with van der Waals surface area (Å²) in [6.07, 6.45) is 6.11. The minimum atomic E-state index is -4.18. The zero-order valence-electron chi connectivity index (χ0n) is 37.0. The average Bonchev–Trinajstić information content (AvgIpc) is 3.89. The number of hydrogen-bond donors (Lipinski definition) is 3. The number of urea groups is 1. The van der Waals surface area contributed by atoms with Crippen molar-refractivity contribution >= 4 is 73.2 Å². The number of nitrogens with zero attached hydrogens (tertiary/aromatic N) is 10. The lowest BCUT2D eigenvalue weighted by Gasteiger charge is -2.40. The van der Waals surface area contributed by atoms with E-state index in [2.05, 4.69) is 35.1 Å². The Morgan fingerprint density at radius 1 is 0.941 bits per heavy atom. The third kappa shape index (κ3) is 8.69. The summed E-state index contributed by atoms with van der Waals surface area (Å²) in [7, 11) is -1.24. The highest BCUT2D eigenvalue weighted by Gasteiger charge is 2.46. The third-order valence-electron chi connectivity index (χ3n) is 12.7. The van der Waals surface area contributed by atoms with Crippen LogP contribution in [0, 0.1) is 11.6 Å². The van der Waals surface area contributed by atoms with Crippen molar-refractivity contribution in [2.45, 2.75) is 31.6 Å². The second kappa shape index (κ2) is 17.9. The molecule has 4 aromatic heterocycles. The van der Waals surface area contributed by atoms with Crippen LogP contribution >= 0.6 is 0 Å². The number of likely N-dealkylation sites (tertiary alicyclic amines) is 1. The first-order chi connectivity index (χ1) is 32.4. The third-order valence-corrected chi connectivity index (χ3v) is 14.2. The number of aromatic nitrogens is 6. The quantitative estimate of drug-likeness (QED) is 0.116. The summed E-state index contributed by atoms with van der Waals surface area (Å²) in [6.45, 7) is 2.72. The molecule has 1 atom stereocenters. The highest BCUT2D eigenvalue weighted by molar-refractivity contribution is 7.90. The molecular weight excluding hydrogens is 915 g/mol. The number of piperazine rings is 1. The SMILES string of the molecule is CCN(C)S(=O)(=O)Nc1ccc(F)c(C(=O)c2c[nH]c3ncc(-c4cnc(N5CCN(C(=O)CN6CCC(c7ccc8c(N9CCC(=O)NC9=O)nn(C)c8c7)C(F)(F)C6)CC5)nc4)cc23)c1F. The summed E-state index contributed by atoms with van der Waals surface area (Å²) in [6, 6.07) is 7.67. The Labute approximate surface area is 386 Å². The molecule has 0 spiro atoms. The van der Waals surface area contributed by atoms with Crippen molar-refractivity contribution < 1.29 is 45.2 Å². The van der Waals surface area contributed by atoms with E-state index in [9.17, 15) is 27.6 Å². The molecule has 3 saturated heterocycles. The van der Waals surface area contributed by atoms with Crippen LogP contribution in [0.25, 0.3) is 33.1 Å². The van der Waals surface area contributed by atoms with E-state index in [4.69, 9.17) is 0 Å². The van der Waals surface area contributed by atoms with Gasteiger partial charge in [-0.25, -0.2) is 37.3 Å². The van der Waals surface area contributed by atoms with Crippen molar-refractivity contribution in [1.82, 2.24) is 49.1 Å². The Kier molecular flexibility index (Phi) is 12.1. The van der Waals surface area contributed by atoms with Gasteiger partial charge in [-0.3, -0.25) is 38.9 Å². The molecule has 3 aliphatic heterocycles. The van der Waals surface area contributed by atoms with Crippen LogP contribution in [0.1, 0.15) is 47.2 Å². The molecule has 68 heavy (non-hydrogen) atoms. The maximum Gasteiger partial charge on any atom is 0.329 e. The average molecular weight is 960 g/mol. The van der Waals surface area contributed by atoms with Gasteiger partial charge in [0.25, 0.3) is 5.92 Å². The van der Waals surface area contributed by atoms with Gasteiger partial charge in [-0.1, -0.05) is 13.0 Å². The zero-order valence-corrected chi connectivity index (χ0v) is 37.8. The van der Waals surface area contributed by atoms with Crippen LogP contribution in [0.5, 0.6) is 0 Å². The van der Waals surface area contributed by atoms with Crippen LogP contribution in [0.2, 0.25) is 0 Å². The Morgan fingerprint density at radius 2 is 1.68 bits per heavy atom. The van der Waals surface area contributed by atoms with Crippen LogP contribution in [-0.4, -0.2) is 148 Å². The van der Waals surface area contributed by atoms with Crippen molar-refractivity contribution in [2.75, 3.05) is 80.5 Å². The first kappa shape index (κ1) is 46.1. The van der Waals surface area contributed by atoms with Gasteiger partial charge in [0.05, 0.1) is 35.8 Å². The first-order valence-corrected chi connectivity index (χ1v) is 23.1. The van der Waals surface area contributed by atoms with E-state index >= 15 is 17.6 Å². The smallest absolute Gasteiger partial charge is 0.329 e. The van der Waals surface area contributed by atoms with Gasteiger partial charge >= 0.3 is 16.2 Å². The summed E-state index contributed by atoms with van der Waals surface area (Å²) >= 11 is 0. The molecule has 0 saturated carbocycles. The Hall–Kier alpha value is -7.05. The standard InChI is InChI=1S/C44H45F4N13O6S/c1-4-56(2)68(66,67)55-33-8-7-32(45)37(38(33)46)39(64)30-22-50-40-29(30)17-26(19-49-40)27-20-51-42(52-21-27)60-15-13-59(14-16-60)36(63)23-58-11-9-31(44(47,48)24-58)25-5-6-28-34(18-25)57(3)54-41(28)61-12-10-35(62)53-43(61)65/h5-8,17-22,31,55H,4,9-16,23-24H2,1-3H3,(H,49,50)(H,53,62,65). The Morgan fingerprint density at radius 3 is 2.38 bits per heavy atom. The second-order valence-corrected chi connectivity index (χ2v) is 18.7. The number of imide groups is 1. The molecule has 3 aliphatic rings. The number of ketones is 1. The summed E-state index contributed by atoms with van der Waals surface area (Å²) in [4.78, 5) is 73.8. The molecule has 0 aliphatic carbocycles. The van der Waals surface area contributed by atoms with Gasteiger partial charge in [-0.15, -0.1) is 0 Å². The molecular formula is C44H45F4N13O6S. The number of benzene rings is 2. The van der Waals surface area contributed by atoms with E-state index in [1.54, 1.807) is 55.5 Å². The highest BCUT2D eigenvalue weighted by atomic mass is 32.2. The summed E-state index contributed by atoms with van der Waals surface area (Å²) in [5, 5.41) is 7.57. The van der Waals surface area contributed by atoms with E-state index in [1.807, 2.05) is 4.90 Å². The molecule has 3 fully saturated rings. The summed E-state index contributed by atoms with van der Waals surface area (Å²) in [5.41, 5.74) is 0.594. The molecule has 24 heteroatoms. The molecule has 7 heterocycles. The molecule has 356 valence electrons. The monoisotopic (exact) mass is 959 g/mol. The highest BCUT2D eigenvalue weighted by Crippen LogP contribution is 2.42. The number of amides is 4. The fourth-order valence-corrected chi connectivity index (χ4v) is 9.72. The summed E-state index contributed by atoms with van der Waals surface area (Å²) in [5.74, 6) is -7.77. The van der Waals surface area contributed by atoms with Gasteiger partial charge in [0.15, 0.2) is 11.6 Å². The van der Waals surface area contributed by atoms with E-state index in [1.165, 1.54) is 33.9 Å². The predicted molar refractivity (Wildman–Crippen MR) is 242 cm³/mol. The number of fused-ring (bicyclic) bond motifs is 2. The van der Waals surface area contributed by atoms with Gasteiger partial charge in [0.2, 0.25) is 23.5 Å². The number of carbonyl (C=O) groups is 4. The number of carbonyl (C=O) groups excluding carboxylic acids is 4. The largest absolute Gasteiger partial charge is 0.345 e. The lowest BCUT2D eigenvalue weighted by Crippen LogP contribution is -2.54. The molecule has 1 unspecified atom stereocenters. The van der Waals surface area contributed by atoms with Crippen LogP contribution in [0.4, 0.5) is 39.8 Å². The minimum absolute atomic E-state index is 0.0772. The fraction of sp³-hybridized carbons (Fsp3) is 0.364. The molecule has 6 aromatic rings. The maximum atomic E-state index is 15.9.